The molecule has 1 heterocycles. The number of aromatic nitrogens is 1. The zero-order valence-electron chi connectivity index (χ0n) is 10.2. The molecule has 0 saturated carbocycles. The van der Waals surface area contributed by atoms with E-state index in [9.17, 15) is 0 Å². The van der Waals surface area contributed by atoms with Gasteiger partial charge in [0.2, 0.25) is 0 Å². The van der Waals surface area contributed by atoms with Crippen LogP contribution < -0.4 is 4.74 Å². The van der Waals surface area contributed by atoms with Gasteiger partial charge in [0.05, 0.1) is 12.1 Å². The van der Waals surface area contributed by atoms with E-state index in [1.165, 1.54) is 0 Å². The maximum absolute atomic E-state index is 6.12. The van der Waals surface area contributed by atoms with E-state index in [1.54, 1.807) is 12.4 Å². The van der Waals surface area contributed by atoms with Crippen LogP contribution in [0.5, 0.6) is 11.5 Å². The highest BCUT2D eigenvalue weighted by Crippen LogP contribution is 2.30. The van der Waals surface area contributed by atoms with E-state index in [0.29, 0.717) is 11.6 Å². The smallest absolute Gasteiger partial charge is 0.150 e. The minimum absolute atomic E-state index is 0.392. The molecule has 1 aromatic heterocycles. The van der Waals surface area contributed by atoms with Crippen molar-refractivity contribution >= 4 is 23.2 Å². The lowest BCUT2D eigenvalue weighted by atomic mass is 10.1. The Morgan fingerprint density at radius 1 is 1.22 bits per heavy atom. The van der Waals surface area contributed by atoms with E-state index < -0.39 is 0 Å². The van der Waals surface area contributed by atoms with E-state index in [4.69, 9.17) is 27.9 Å². The van der Waals surface area contributed by atoms with Crippen molar-refractivity contribution in [1.82, 2.24) is 4.98 Å². The molecule has 0 saturated heterocycles. The molecule has 0 aliphatic heterocycles. The average Bonchev–Trinajstić information content (AvgIpc) is 2.36. The molecule has 1 aromatic carbocycles. The Morgan fingerprint density at radius 2 is 1.89 bits per heavy atom. The summed E-state index contributed by atoms with van der Waals surface area (Å²) < 4.78 is 5.81. The lowest BCUT2D eigenvalue weighted by Crippen LogP contribution is -1.92. The summed E-state index contributed by atoms with van der Waals surface area (Å²) in [6.45, 7) is 3.90. The summed E-state index contributed by atoms with van der Waals surface area (Å²) in [4.78, 5) is 4.04. The normalized spacial score (nSPS) is 10.4. The minimum atomic E-state index is 0.392. The molecule has 0 spiro atoms. The van der Waals surface area contributed by atoms with Crippen LogP contribution in [0.15, 0.2) is 30.6 Å². The van der Waals surface area contributed by atoms with Gasteiger partial charge >= 0.3 is 0 Å². The van der Waals surface area contributed by atoms with E-state index in [1.807, 2.05) is 32.0 Å². The summed E-state index contributed by atoms with van der Waals surface area (Å²) in [6, 6.07) is 5.65. The highest BCUT2D eigenvalue weighted by atomic mass is 35.5. The van der Waals surface area contributed by atoms with Crippen LogP contribution in [0.25, 0.3) is 0 Å². The second-order valence-corrected chi connectivity index (χ2v) is 4.74. The first-order valence-electron chi connectivity index (χ1n) is 5.55. The number of pyridine rings is 1. The van der Waals surface area contributed by atoms with Gasteiger partial charge in [-0.05, 0) is 43.2 Å². The van der Waals surface area contributed by atoms with Crippen LogP contribution in [0.1, 0.15) is 16.7 Å². The first-order chi connectivity index (χ1) is 8.61. The molecule has 0 atom stereocenters. The van der Waals surface area contributed by atoms with Crippen LogP contribution in [0, 0.1) is 13.8 Å². The fourth-order valence-corrected chi connectivity index (χ4v) is 2.03. The maximum atomic E-state index is 6.12. The van der Waals surface area contributed by atoms with Crippen LogP contribution in [-0.4, -0.2) is 4.98 Å². The molecule has 2 nitrogen and oxygen atoms in total. The molecule has 0 radical (unpaired) electrons. The molecular formula is C14H13Cl2NO. The van der Waals surface area contributed by atoms with E-state index in [2.05, 4.69) is 4.98 Å². The zero-order valence-corrected chi connectivity index (χ0v) is 11.7. The van der Waals surface area contributed by atoms with Crippen LogP contribution in [0.2, 0.25) is 5.02 Å². The molecule has 0 unspecified atom stereocenters. The molecule has 4 heteroatoms. The lowest BCUT2D eigenvalue weighted by molar-refractivity contribution is 0.475. The Labute approximate surface area is 117 Å². The van der Waals surface area contributed by atoms with Gasteiger partial charge in [0, 0.05) is 16.8 Å². The minimum Gasteiger partial charge on any atom is -0.455 e. The fourth-order valence-electron chi connectivity index (χ4n) is 1.70. The number of hydrogen-bond donors (Lipinski definition) is 0. The van der Waals surface area contributed by atoms with Crippen molar-refractivity contribution in [2.24, 2.45) is 0 Å². The number of hydrogen-bond acceptors (Lipinski definition) is 2. The molecule has 2 rings (SSSR count). The van der Waals surface area contributed by atoms with Crippen molar-refractivity contribution in [3.63, 3.8) is 0 Å². The third-order valence-electron chi connectivity index (χ3n) is 2.65. The van der Waals surface area contributed by atoms with Crippen molar-refractivity contribution in [3.8, 4) is 11.5 Å². The van der Waals surface area contributed by atoms with Crippen molar-refractivity contribution < 1.29 is 4.74 Å². The van der Waals surface area contributed by atoms with Gasteiger partial charge in [-0.3, -0.25) is 4.98 Å². The second kappa shape index (κ2) is 5.59. The standard InChI is InChI=1S/C14H13Cl2NO/c1-9-5-12(6-10(2)14(9)16)18-13-8-17-4-3-11(13)7-15/h3-6,8H,7H2,1-2H3. The van der Waals surface area contributed by atoms with Gasteiger partial charge < -0.3 is 4.74 Å². The van der Waals surface area contributed by atoms with E-state index in [-0.39, 0.29) is 0 Å². The predicted octanol–water partition coefficient (Wildman–Crippen LogP) is 4.88. The SMILES string of the molecule is Cc1cc(Oc2cnccc2CCl)cc(C)c1Cl. The Morgan fingerprint density at radius 3 is 2.50 bits per heavy atom. The van der Waals surface area contributed by atoms with Crippen molar-refractivity contribution in [3.05, 3.63) is 52.3 Å². The number of nitrogens with zero attached hydrogens (tertiary/aromatic N) is 1. The van der Waals surface area contributed by atoms with Crippen molar-refractivity contribution in [2.45, 2.75) is 19.7 Å². The second-order valence-electron chi connectivity index (χ2n) is 4.09. The lowest BCUT2D eigenvalue weighted by Gasteiger charge is -2.11. The number of ether oxygens (including phenoxy) is 1. The number of alkyl halides is 1. The van der Waals surface area contributed by atoms with E-state index >= 15 is 0 Å². The molecule has 18 heavy (non-hydrogen) atoms. The number of aryl methyl sites for hydroxylation is 2. The quantitative estimate of drug-likeness (QED) is 0.748. The summed E-state index contributed by atoms with van der Waals surface area (Å²) >= 11 is 12.0. The summed E-state index contributed by atoms with van der Waals surface area (Å²) in [5, 5.41) is 0.770. The number of benzene rings is 1. The first kappa shape index (κ1) is 13.2. The van der Waals surface area contributed by atoms with Gasteiger partial charge in [-0.15, -0.1) is 11.6 Å². The van der Waals surface area contributed by atoms with Crippen LogP contribution >= 0.6 is 23.2 Å². The zero-order chi connectivity index (χ0) is 13.1. The highest BCUT2D eigenvalue weighted by Gasteiger charge is 2.07. The van der Waals surface area contributed by atoms with Gasteiger partial charge in [-0.2, -0.15) is 0 Å². The summed E-state index contributed by atoms with van der Waals surface area (Å²) in [5.41, 5.74) is 2.89. The van der Waals surface area contributed by atoms with Gasteiger partial charge in [0.15, 0.2) is 0 Å². The first-order valence-corrected chi connectivity index (χ1v) is 6.46. The molecule has 0 amide bonds. The van der Waals surface area contributed by atoms with Crippen LogP contribution in [0.3, 0.4) is 0 Å². The highest BCUT2D eigenvalue weighted by molar-refractivity contribution is 6.32. The molecule has 0 bridgehead atoms. The van der Waals surface area contributed by atoms with Crippen molar-refractivity contribution in [2.75, 3.05) is 0 Å². The largest absolute Gasteiger partial charge is 0.455 e. The Balaban J connectivity index is 2.34. The third kappa shape index (κ3) is 2.77. The molecule has 0 aliphatic carbocycles. The topological polar surface area (TPSA) is 22.1 Å². The van der Waals surface area contributed by atoms with Crippen LogP contribution in [-0.2, 0) is 5.88 Å². The van der Waals surface area contributed by atoms with Gasteiger partial charge in [-0.1, -0.05) is 11.6 Å². The monoisotopic (exact) mass is 281 g/mol. The van der Waals surface area contributed by atoms with Gasteiger partial charge in [0.1, 0.15) is 11.5 Å². The molecule has 0 aliphatic rings. The third-order valence-corrected chi connectivity index (χ3v) is 3.54. The predicted molar refractivity (Wildman–Crippen MR) is 74.8 cm³/mol. The summed E-state index contributed by atoms with van der Waals surface area (Å²) in [7, 11) is 0. The molecule has 0 N–H and O–H groups in total. The number of halogens is 2. The number of rotatable bonds is 3. The average molecular weight is 282 g/mol. The Bertz CT molecular complexity index is 546. The van der Waals surface area contributed by atoms with Crippen molar-refractivity contribution in [1.29, 1.82) is 0 Å². The van der Waals surface area contributed by atoms with Gasteiger partial charge in [-0.25, -0.2) is 0 Å². The van der Waals surface area contributed by atoms with Gasteiger partial charge in [0.25, 0.3) is 0 Å². The summed E-state index contributed by atoms with van der Waals surface area (Å²) in [5.74, 6) is 1.81. The summed E-state index contributed by atoms with van der Waals surface area (Å²) in [6.07, 6.45) is 3.36. The molecule has 2 aromatic rings. The molecule has 94 valence electrons. The van der Waals surface area contributed by atoms with Crippen LogP contribution in [0.4, 0.5) is 0 Å². The Hall–Kier alpha value is -1.25. The fraction of sp³-hybridized carbons (Fsp3) is 0.214. The van der Waals surface area contributed by atoms with E-state index in [0.717, 1.165) is 27.5 Å². The Kier molecular flexibility index (Phi) is 4.10. The maximum Gasteiger partial charge on any atom is 0.150 e. The molecule has 0 fully saturated rings. The molecular weight excluding hydrogens is 269 g/mol.